The molecule has 0 unspecified atom stereocenters. The number of nitrogens with one attached hydrogen (secondary N) is 1. The lowest BCUT2D eigenvalue weighted by Gasteiger charge is -2.18. The predicted octanol–water partition coefficient (Wildman–Crippen LogP) is 8.68. The summed E-state index contributed by atoms with van der Waals surface area (Å²) in [5, 5.41) is 3.11. The smallest absolute Gasteiger partial charge is 0.418 e. The zero-order valence-corrected chi connectivity index (χ0v) is 22.3. The Morgan fingerprint density at radius 2 is 1.55 bits per heavy atom. The second-order valence-corrected chi connectivity index (χ2v) is 9.73. The number of carbonyl (C=O) groups is 1. The Morgan fingerprint density at radius 3 is 2.25 bits per heavy atom. The largest absolute Gasteiger partial charge is 0.489 e. The van der Waals surface area contributed by atoms with Gasteiger partial charge in [0.15, 0.2) is 0 Å². The van der Waals surface area contributed by atoms with Gasteiger partial charge in [-0.3, -0.25) is 4.79 Å². The van der Waals surface area contributed by atoms with Crippen LogP contribution in [-0.2, 0) is 12.8 Å². The van der Waals surface area contributed by atoms with E-state index in [1.165, 1.54) is 18.2 Å². The molecule has 7 heteroatoms. The maximum absolute atomic E-state index is 13.7. The number of carbonyl (C=O) groups excluding carboxylic acids is 1. The number of benzene rings is 4. The van der Waals surface area contributed by atoms with Gasteiger partial charge in [-0.05, 0) is 79.9 Å². The number of hydrogen-bond donors (Lipinski definition) is 1. The minimum absolute atomic E-state index is 0.285. The third kappa shape index (κ3) is 5.54. The highest BCUT2D eigenvalue weighted by molar-refractivity contribution is 6.15. The van der Waals surface area contributed by atoms with Gasteiger partial charge in [-0.1, -0.05) is 54.1 Å². The highest BCUT2D eigenvalue weighted by Crippen LogP contribution is 2.36. The van der Waals surface area contributed by atoms with E-state index >= 15 is 0 Å². The number of ether oxygens (including phenoxy) is 1. The van der Waals surface area contributed by atoms with Crippen LogP contribution in [0.3, 0.4) is 0 Å². The van der Waals surface area contributed by atoms with E-state index in [1.807, 2.05) is 80.6 Å². The molecule has 0 atom stereocenters. The molecule has 5 rings (SSSR count). The molecule has 5 aromatic rings. The Kier molecular flexibility index (Phi) is 7.30. The van der Waals surface area contributed by atoms with E-state index in [0.29, 0.717) is 34.5 Å². The maximum Gasteiger partial charge on any atom is 0.418 e. The molecule has 1 heterocycles. The number of para-hydroxylation sites is 1. The topological polar surface area (TPSA) is 51.2 Å². The van der Waals surface area contributed by atoms with Gasteiger partial charge in [0.2, 0.25) is 0 Å². The summed E-state index contributed by atoms with van der Waals surface area (Å²) in [5.74, 6) is 0.0511. The minimum Gasteiger partial charge on any atom is -0.489 e. The minimum atomic E-state index is -4.61. The molecule has 4 nitrogen and oxygen atoms in total. The highest BCUT2D eigenvalue weighted by atomic mass is 19.4. The number of nitrogens with zero attached hydrogens (tertiary/aromatic N) is 1. The average Bonchev–Trinajstić information content (AvgIpc) is 2.92. The van der Waals surface area contributed by atoms with E-state index in [-0.39, 0.29) is 11.3 Å². The Morgan fingerprint density at radius 1 is 0.875 bits per heavy atom. The first kappa shape index (κ1) is 26.9. The van der Waals surface area contributed by atoms with Gasteiger partial charge in [0.1, 0.15) is 12.4 Å². The van der Waals surface area contributed by atoms with Gasteiger partial charge >= 0.3 is 6.18 Å². The molecule has 0 aliphatic rings. The van der Waals surface area contributed by atoms with E-state index in [2.05, 4.69) is 5.32 Å². The lowest BCUT2D eigenvalue weighted by molar-refractivity contribution is -0.136. The van der Waals surface area contributed by atoms with Crippen molar-refractivity contribution in [3.05, 3.63) is 124 Å². The van der Waals surface area contributed by atoms with Gasteiger partial charge in [-0.2, -0.15) is 13.2 Å². The van der Waals surface area contributed by atoms with Crippen LogP contribution < -0.4 is 10.1 Å². The fraction of sp³-hybridized carbons (Fsp3) is 0.152. The van der Waals surface area contributed by atoms with Crippen LogP contribution >= 0.6 is 0 Å². The summed E-state index contributed by atoms with van der Waals surface area (Å²) in [4.78, 5) is 18.6. The number of fused-ring (bicyclic) bond motifs is 1. The van der Waals surface area contributed by atoms with Crippen LogP contribution in [-0.4, -0.2) is 10.9 Å². The lowest BCUT2D eigenvalue weighted by Crippen LogP contribution is -2.18. The fourth-order valence-corrected chi connectivity index (χ4v) is 4.86. The lowest BCUT2D eigenvalue weighted by atomic mass is 9.94. The number of anilines is 1. The Hall–Kier alpha value is -4.65. The van der Waals surface area contributed by atoms with Crippen molar-refractivity contribution in [2.45, 2.75) is 33.6 Å². The van der Waals surface area contributed by atoms with Crippen molar-refractivity contribution in [3.8, 4) is 17.0 Å². The van der Waals surface area contributed by atoms with E-state index in [4.69, 9.17) is 9.72 Å². The Bertz CT molecular complexity index is 1700. The third-order valence-corrected chi connectivity index (χ3v) is 6.75. The van der Waals surface area contributed by atoms with E-state index in [0.717, 1.165) is 28.3 Å². The molecule has 202 valence electrons. The Balaban J connectivity index is 1.55. The summed E-state index contributed by atoms with van der Waals surface area (Å²) >= 11 is 0. The molecule has 0 radical (unpaired) electrons. The van der Waals surface area contributed by atoms with E-state index < -0.39 is 17.6 Å². The van der Waals surface area contributed by atoms with Crippen molar-refractivity contribution in [2.24, 2.45) is 0 Å². The molecular formula is C33H27F3N2O2. The maximum atomic E-state index is 13.7. The molecule has 1 aromatic heterocycles. The van der Waals surface area contributed by atoms with E-state index in [9.17, 15) is 18.0 Å². The first-order chi connectivity index (χ1) is 19.1. The van der Waals surface area contributed by atoms with Crippen LogP contribution in [0.1, 0.15) is 38.2 Å². The molecule has 1 N–H and O–H groups in total. The summed E-state index contributed by atoms with van der Waals surface area (Å²) in [6.07, 6.45) is -4.61. The predicted molar refractivity (Wildman–Crippen MR) is 152 cm³/mol. The fourth-order valence-electron chi connectivity index (χ4n) is 4.86. The molecule has 0 bridgehead atoms. The van der Waals surface area contributed by atoms with Gasteiger partial charge in [-0.25, -0.2) is 4.98 Å². The molecule has 0 saturated carbocycles. The first-order valence-corrected chi connectivity index (χ1v) is 12.8. The quantitative estimate of drug-likeness (QED) is 0.234. The van der Waals surface area contributed by atoms with Crippen molar-refractivity contribution < 1.29 is 22.7 Å². The second kappa shape index (κ2) is 10.8. The van der Waals surface area contributed by atoms with Crippen LogP contribution in [0.15, 0.2) is 91.0 Å². The molecule has 0 aliphatic carbocycles. The summed E-state index contributed by atoms with van der Waals surface area (Å²) in [7, 11) is 0. The molecule has 0 fully saturated rings. The second-order valence-electron chi connectivity index (χ2n) is 9.73. The third-order valence-electron chi connectivity index (χ3n) is 6.75. The van der Waals surface area contributed by atoms with Crippen molar-refractivity contribution in [3.63, 3.8) is 0 Å². The van der Waals surface area contributed by atoms with Crippen molar-refractivity contribution in [1.29, 1.82) is 0 Å². The van der Waals surface area contributed by atoms with Gasteiger partial charge in [0, 0.05) is 10.9 Å². The van der Waals surface area contributed by atoms with Gasteiger partial charge < -0.3 is 10.1 Å². The van der Waals surface area contributed by atoms with E-state index in [1.54, 1.807) is 6.92 Å². The number of aryl methyl sites for hydroxylation is 2. The van der Waals surface area contributed by atoms with Gasteiger partial charge in [0.05, 0.1) is 28.0 Å². The number of rotatable bonds is 6. The van der Waals surface area contributed by atoms with Crippen LogP contribution in [0.5, 0.6) is 5.75 Å². The zero-order chi connectivity index (χ0) is 28.4. The molecular weight excluding hydrogens is 513 g/mol. The van der Waals surface area contributed by atoms with Crippen molar-refractivity contribution >= 4 is 22.5 Å². The standard InChI is InChI=1S/C33H27F3N2O2/c1-20-17-21(2)30-26(18-20)29(32(39)37-28-12-8-7-11-27(28)33(34,35)36)22(3)31(38-30)24-13-15-25(16-14-24)40-19-23-9-5-4-6-10-23/h4-18H,19H2,1-3H3,(H,37,39). The number of halogens is 3. The van der Waals surface area contributed by atoms with Gasteiger partial charge in [0.25, 0.3) is 5.91 Å². The SMILES string of the molecule is Cc1cc(C)c2nc(-c3ccc(OCc4ccccc4)cc3)c(C)c(C(=O)Nc3ccccc3C(F)(F)F)c2c1. The summed E-state index contributed by atoms with van der Waals surface area (Å²) < 4.78 is 46.8. The first-order valence-electron chi connectivity index (χ1n) is 12.8. The van der Waals surface area contributed by atoms with Crippen LogP contribution in [0.25, 0.3) is 22.2 Å². The van der Waals surface area contributed by atoms with Gasteiger partial charge in [-0.15, -0.1) is 0 Å². The van der Waals surface area contributed by atoms with Crippen LogP contribution in [0.4, 0.5) is 18.9 Å². The number of amides is 1. The average molecular weight is 541 g/mol. The Labute approximate surface area is 230 Å². The number of hydrogen-bond acceptors (Lipinski definition) is 3. The number of aromatic nitrogens is 1. The van der Waals surface area contributed by atoms with Crippen molar-refractivity contribution in [1.82, 2.24) is 4.98 Å². The monoisotopic (exact) mass is 540 g/mol. The molecule has 0 aliphatic heterocycles. The number of alkyl halides is 3. The van der Waals surface area contributed by atoms with Crippen LogP contribution in [0.2, 0.25) is 0 Å². The molecule has 4 aromatic carbocycles. The summed E-state index contributed by atoms with van der Waals surface area (Å²) in [6.45, 7) is 6.01. The summed E-state index contributed by atoms with van der Waals surface area (Å²) in [6, 6.07) is 26.0. The normalized spacial score (nSPS) is 11.4. The van der Waals surface area contributed by atoms with Crippen LogP contribution in [0, 0.1) is 20.8 Å². The number of pyridine rings is 1. The molecule has 0 spiro atoms. The molecule has 40 heavy (non-hydrogen) atoms. The molecule has 0 saturated heterocycles. The van der Waals surface area contributed by atoms with Crippen molar-refractivity contribution in [2.75, 3.05) is 5.32 Å². The molecule has 1 amide bonds. The highest BCUT2D eigenvalue weighted by Gasteiger charge is 2.34. The zero-order valence-electron chi connectivity index (χ0n) is 22.3. The summed E-state index contributed by atoms with van der Waals surface area (Å²) in [5.41, 5.74) is 4.43.